The zero-order valence-corrected chi connectivity index (χ0v) is 12.5. The van der Waals surface area contributed by atoms with E-state index in [-0.39, 0.29) is 17.4 Å². The van der Waals surface area contributed by atoms with Crippen molar-refractivity contribution in [2.45, 2.75) is 37.3 Å². The molecular weight excluding hydrogens is 269 g/mol. The van der Waals surface area contributed by atoms with Crippen LogP contribution < -0.4 is 11.3 Å². The molecule has 1 aromatic carbocycles. The van der Waals surface area contributed by atoms with Gasteiger partial charge in [0.25, 0.3) is 0 Å². The number of halogens is 1. The van der Waals surface area contributed by atoms with E-state index < -0.39 is 0 Å². The van der Waals surface area contributed by atoms with Gasteiger partial charge in [0.15, 0.2) is 0 Å². The normalized spacial score (nSPS) is 19.5. The van der Waals surface area contributed by atoms with Gasteiger partial charge < -0.3 is 9.32 Å². The smallest absolute Gasteiger partial charge is 0.134 e. The Kier molecular flexibility index (Phi) is 3.73. The fourth-order valence-corrected chi connectivity index (χ4v) is 3.66. The molecule has 21 heavy (non-hydrogen) atoms. The highest BCUT2D eigenvalue weighted by molar-refractivity contribution is 5.78. The number of rotatable bonds is 4. The molecule has 1 fully saturated rings. The van der Waals surface area contributed by atoms with E-state index in [0.29, 0.717) is 5.58 Å². The van der Waals surface area contributed by atoms with Crippen LogP contribution in [0.4, 0.5) is 4.39 Å². The Morgan fingerprint density at radius 3 is 2.62 bits per heavy atom. The van der Waals surface area contributed by atoms with E-state index in [2.05, 4.69) is 24.4 Å². The number of hydrogen-bond donors (Lipinski definition) is 2. The Morgan fingerprint density at radius 2 is 2.00 bits per heavy atom. The number of likely N-dealkylation sites (N-methyl/N-ethyl adjacent to an activating group) is 1. The average molecular weight is 291 g/mol. The summed E-state index contributed by atoms with van der Waals surface area (Å²) in [5, 5.41) is 0.775. The molecule has 1 aromatic heterocycles. The highest BCUT2D eigenvalue weighted by Gasteiger charge is 2.45. The van der Waals surface area contributed by atoms with Crippen molar-refractivity contribution < 1.29 is 8.81 Å². The summed E-state index contributed by atoms with van der Waals surface area (Å²) >= 11 is 0. The second-order valence-electron chi connectivity index (χ2n) is 6.14. The molecule has 0 bridgehead atoms. The minimum Gasteiger partial charge on any atom is -0.459 e. The molecular formula is C16H22FN3O. The van der Waals surface area contributed by atoms with Gasteiger partial charge in [0, 0.05) is 10.9 Å². The molecule has 1 atom stereocenters. The van der Waals surface area contributed by atoms with Crippen molar-refractivity contribution >= 4 is 11.0 Å². The SMILES string of the molecule is CN(C)C1(C(NN)c2cc3cc(F)ccc3o2)CCCC1. The van der Waals surface area contributed by atoms with E-state index in [4.69, 9.17) is 10.3 Å². The number of hydrogen-bond acceptors (Lipinski definition) is 4. The minimum atomic E-state index is -0.254. The molecule has 1 heterocycles. The van der Waals surface area contributed by atoms with E-state index in [1.807, 2.05) is 6.07 Å². The zero-order chi connectivity index (χ0) is 15.0. The second kappa shape index (κ2) is 5.40. The lowest BCUT2D eigenvalue weighted by atomic mass is 9.85. The van der Waals surface area contributed by atoms with Crippen LogP contribution in [0, 0.1) is 5.82 Å². The number of nitrogens with one attached hydrogen (secondary N) is 1. The van der Waals surface area contributed by atoms with Crippen molar-refractivity contribution in [3.05, 3.63) is 35.8 Å². The van der Waals surface area contributed by atoms with Gasteiger partial charge in [0.1, 0.15) is 17.2 Å². The van der Waals surface area contributed by atoms with Gasteiger partial charge in [-0.15, -0.1) is 0 Å². The van der Waals surface area contributed by atoms with E-state index >= 15 is 0 Å². The Bertz CT molecular complexity index is 631. The van der Waals surface area contributed by atoms with Gasteiger partial charge in [-0.05, 0) is 51.2 Å². The van der Waals surface area contributed by atoms with Crippen molar-refractivity contribution in [3.8, 4) is 0 Å². The van der Waals surface area contributed by atoms with Gasteiger partial charge in [0.2, 0.25) is 0 Å². The predicted octanol–water partition coefficient (Wildman–Crippen LogP) is 2.95. The van der Waals surface area contributed by atoms with Gasteiger partial charge in [-0.1, -0.05) is 12.8 Å². The average Bonchev–Trinajstić information content (AvgIpc) is 3.06. The topological polar surface area (TPSA) is 54.4 Å². The monoisotopic (exact) mass is 291 g/mol. The molecule has 114 valence electrons. The number of nitrogens with zero attached hydrogens (tertiary/aromatic N) is 1. The third-order valence-corrected chi connectivity index (χ3v) is 4.85. The van der Waals surface area contributed by atoms with Gasteiger partial charge in [-0.25, -0.2) is 9.82 Å². The summed E-state index contributed by atoms with van der Waals surface area (Å²) in [7, 11) is 4.16. The summed E-state index contributed by atoms with van der Waals surface area (Å²) in [6.07, 6.45) is 4.51. The van der Waals surface area contributed by atoms with Crippen LogP contribution in [0.5, 0.6) is 0 Å². The first-order valence-electron chi connectivity index (χ1n) is 7.39. The fourth-order valence-electron chi connectivity index (χ4n) is 3.66. The van der Waals surface area contributed by atoms with Crippen LogP contribution in [0.25, 0.3) is 11.0 Å². The van der Waals surface area contributed by atoms with Crippen molar-refractivity contribution in [3.63, 3.8) is 0 Å². The van der Waals surface area contributed by atoms with E-state index in [1.54, 1.807) is 6.07 Å². The molecule has 0 spiro atoms. The van der Waals surface area contributed by atoms with Crippen LogP contribution in [0.1, 0.15) is 37.5 Å². The first-order chi connectivity index (χ1) is 10.1. The minimum absolute atomic E-state index is 0.0544. The van der Waals surface area contributed by atoms with E-state index in [9.17, 15) is 4.39 Å². The number of fused-ring (bicyclic) bond motifs is 1. The van der Waals surface area contributed by atoms with E-state index in [0.717, 1.165) is 24.0 Å². The number of furan rings is 1. The third kappa shape index (κ3) is 2.35. The zero-order valence-electron chi connectivity index (χ0n) is 12.5. The molecule has 1 aliphatic rings. The summed E-state index contributed by atoms with van der Waals surface area (Å²) in [6.45, 7) is 0. The molecule has 0 radical (unpaired) electrons. The lowest BCUT2D eigenvalue weighted by Gasteiger charge is -2.41. The molecule has 5 heteroatoms. The Labute approximate surface area is 124 Å². The predicted molar refractivity (Wildman–Crippen MR) is 81.1 cm³/mol. The van der Waals surface area contributed by atoms with Crippen LogP contribution in [-0.2, 0) is 0 Å². The fraction of sp³-hybridized carbons (Fsp3) is 0.500. The molecule has 3 rings (SSSR count). The molecule has 4 nitrogen and oxygen atoms in total. The maximum atomic E-state index is 13.3. The Balaban J connectivity index is 2.04. The quantitative estimate of drug-likeness (QED) is 0.672. The standard InChI is InChI=1S/C16H22FN3O/c1-20(2)16(7-3-4-8-16)15(19-18)14-10-11-9-12(17)5-6-13(11)21-14/h5-6,9-10,15,19H,3-4,7-8,18H2,1-2H3. The molecule has 0 saturated heterocycles. The van der Waals surface area contributed by atoms with Crippen LogP contribution in [0.3, 0.4) is 0 Å². The first-order valence-corrected chi connectivity index (χ1v) is 7.39. The molecule has 0 aliphatic heterocycles. The number of nitrogens with two attached hydrogens (primary N) is 1. The summed E-state index contributed by atoms with van der Waals surface area (Å²) in [5.41, 5.74) is 3.57. The van der Waals surface area contributed by atoms with Gasteiger partial charge >= 0.3 is 0 Å². The van der Waals surface area contributed by atoms with Crippen LogP contribution in [0.2, 0.25) is 0 Å². The number of benzene rings is 1. The van der Waals surface area contributed by atoms with Crippen LogP contribution in [0.15, 0.2) is 28.7 Å². The lowest BCUT2D eigenvalue weighted by molar-refractivity contribution is 0.0943. The first kappa shape index (κ1) is 14.5. The molecule has 1 unspecified atom stereocenters. The lowest BCUT2D eigenvalue weighted by Crippen LogP contribution is -2.53. The highest BCUT2D eigenvalue weighted by atomic mass is 19.1. The largest absolute Gasteiger partial charge is 0.459 e. The van der Waals surface area contributed by atoms with Gasteiger partial charge in [-0.3, -0.25) is 5.84 Å². The van der Waals surface area contributed by atoms with Crippen molar-refractivity contribution in [2.24, 2.45) is 5.84 Å². The second-order valence-corrected chi connectivity index (χ2v) is 6.14. The maximum Gasteiger partial charge on any atom is 0.134 e. The Morgan fingerprint density at radius 1 is 1.29 bits per heavy atom. The highest BCUT2D eigenvalue weighted by Crippen LogP contribution is 2.44. The van der Waals surface area contributed by atoms with Gasteiger partial charge in [-0.2, -0.15) is 0 Å². The summed E-state index contributed by atoms with van der Waals surface area (Å²) in [6, 6.07) is 6.36. The molecule has 1 aliphatic carbocycles. The summed E-state index contributed by atoms with van der Waals surface area (Å²) in [4.78, 5) is 2.23. The van der Waals surface area contributed by atoms with Crippen LogP contribution >= 0.6 is 0 Å². The summed E-state index contributed by atoms with van der Waals surface area (Å²) < 4.78 is 19.3. The number of hydrazine groups is 1. The van der Waals surface area contributed by atoms with Crippen LogP contribution in [-0.4, -0.2) is 24.5 Å². The maximum absolute atomic E-state index is 13.3. The van der Waals surface area contributed by atoms with E-state index in [1.165, 1.54) is 25.0 Å². The molecule has 1 saturated carbocycles. The third-order valence-electron chi connectivity index (χ3n) is 4.85. The molecule has 0 amide bonds. The molecule has 2 aromatic rings. The summed E-state index contributed by atoms with van der Waals surface area (Å²) in [5.74, 6) is 6.37. The van der Waals surface area contributed by atoms with Crippen molar-refractivity contribution in [1.29, 1.82) is 0 Å². The van der Waals surface area contributed by atoms with Crippen molar-refractivity contribution in [1.82, 2.24) is 10.3 Å². The Hall–Kier alpha value is -1.43. The molecule has 3 N–H and O–H groups in total. The van der Waals surface area contributed by atoms with Crippen molar-refractivity contribution in [2.75, 3.05) is 14.1 Å². The van der Waals surface area contributed by atoms with Gasteiger partial charge in [0.05, 0.1) is 6.04 Å².